The van der Waals surface area contributed by atoms with Crippen molar-refractivity contribution in [1.29, 1.82) is 0 Å². The molecule has 2 atom stereocenters. The fraction of sp³-hybridized carbons (Fsp3) is 0.786. The molecule has 0 aromatic heterocycles. The number of rotatable bonds is 7. The van der Waals surface area contributed by atoms with E-state index < -0.39 is 5.97 Å². The van der Waals surface area contributed by atoms with E-state index in [1.165, 1.54) is 0 Å². The summed E-state index contributed by atoms with van der Waals surface area (Å²) in [5, 5.41) is 8.61. The van der Waals surface area contributed by atoms with E-state index in [9.17, 15) is 4.79 Å². The van der Waals surface area contributed by atoms with Crippen LogP contribution >= 0.6 is 0 Å². The van der Waals surface area contributed by atoms with Gasteiger partial charge in [0.25, 0.3) is 0 Å². The topological polar surface area (TPSA) is 46.5 Å². The SMILES string of the molecule is CC(C=CCC(C)COC(C)(C)C)CC(=O)O. The van der Waals surface area contributed by atoms with E-state index in [1.807, 2.05) is 33.8 Å². The highest BCUT2D eigenvalue weighted by molar-refractivity contribution is 5.67. The van der Waals surface area contributed by atoms with Gasteiger partial charge in [-0.25, -0.2) is 0 Å². The predicted octanol–water partition coefficient (Wildman–Crippen LogP) is 3.49. The fourth-order valence-electron chi connectivity index (χ4n) is 1.35. The first-order valence-corrected chi connectivity index (χ1v) is 6.23. The summed E-state index contributed by atoms with van der Waals surface area (Å²) in [5.74, 6) is -0.183. The van der Waals surface area contributed by atoms with Crippen LogP contribution in [0.3, 0.4) is 0 Å². The minimum Gasteiger partial charge on any atom is -0.481 e. The Labute approximate surface area is 105 Å². The summed E-state index contributed by atoms with van der Waals surface area (Å²) in [6.45, 7) is 10.9. The van der Waals surface area contributed by atoms with Crippen molar-refractivity contribution in [1.82, 2.24) is 0 Å². The molecule has 0 rings (SSSR count). The second kappa shape index (κ2) is 7.49. The van der Waals surface area contributed by atoms with E-state index in [4.69, 9.17) is 9.84 Å². The van der Waals surface area contributed by atoms with Gasteiger partial charge < -0.3 is 9.84 Å². The van der Waals surface area contributed by atoms with Crippen LogP contribution in [0.25, 0.3) is 0 Å². The van der Waals surface area contributed by atoms with E-state index in [1.54, 1.807) is 0 Å². The lowest BCUT2D eigenvalue weighted by molar-refractivity contribution is -0.137. The minimum absolute atomic E-state index is 0.0887. The number of hydrogen-bond donors (Lipinski definition) is 1. The third-order valence-electron chi connectivity index (χ3n) is 2.30. The Morgan fingerprint density at radius 3 is 2.41 bits per heavy atom. The number of aliphatic carboxylic acids is 1. The summed E-state index contributed by atoms with van der Waals surface area (Å²) in [4.78, 5) is 10.5. The van der Waals surface area contributed by atoms with Gasteiger partial charge in [0.15, 0.2) is 0 Å². The maximum atomic E-state index is 10.5. The van der Waals surface area contributed by atoms with Gasteiger partial charge in [0.05, 0.1) is 18.6 Å². The van der Waals surface area contributed by atoms with Crippen molar-refractivity contribution in [2.45, 2.75) is 53.1 Å². The van der Waals surface area contributed by atoms with Gasteiger partial charge in [0.2, 0.25) is 0 Å². The van der Waals surface area contributed by atoms with Gasteiger partial charge in [0.1, 0.15) is 0 Å². The van der Waals surface area contributed by atoms with Crippen LogP contribution in [-0.2, 0) is 9.53 Å². The van der Waals surface area contributed by atoms with Crippen LogP contribution in [0, 0.1) is 11.8 Å². The Morgan fingerprint density at radius 1 is 1.35 bits per heavy atom. The molecule has 17 heavy (non-hydrogen) atoms. The Balaban J connectivity index is 3.79. The highest BCUT2D eigenvalue weighted by Crippen LogP contribution is 2.13. The molecule has 0 spiro atoms. The standard InChI is InChI=1S/C14H26O3/c1-11(9-13(15)16)7-6-8-12(2)10-17-14(3,4)5/h6-7,11-12H,8-10H2,1-5H3,(H,15,16). The quantitative estimate of drug-likeness (QED) is 0.695. The van der Waals surface area contributed by atoms with Gasteiger partial charge in [-0.3, -0.25) is 4.79 Å². The van der Waals surface area contributed by atoms with Crippen molar-refractivity contribution in [3.63, 3.8) is 0 Å². The third kappa shape index (κ3) is 11.4. The van der Waals surface area contributed by atoms with E-state index in [-0.39, 0.29) is 17.9 Å². The molecule has 3 nitrogen and oxygen atoms in total. The molecule has 0 aliphatic carbocycles. The highest BCUT2D eigenvalue weighted by Gasteiger charge is 2.11. The smallest absolute Gasteiger partial charge is 0.303 e. The maximum absolute atomic E-state index is 10.5. The molecule has 0 aromatic carbocycles. The monoisotopic (exact) mass is 242 g/mol. The average molecular weight is 242 g/mol. The summed E-state index contributed by atoms with van der Waals surface area (Å²) in [6.07, 6.45) is 5.16. The lowest BCUT2D eigenvalue weighted by atomic mass is 10.0. The summed E-state index contributed by atoms with van der Waals surface area (Å²) in [5.41, 5.74) is -0.0887. The number of allylic oxidation sites excluding steroid dienone is 2. The van der Waals surface area contributed by atoms with Crippen molar-refractivity contribution >= 4 is 5.97 Å². The van der Waals surface area contributed by atoms with Gasteiger partial charge >= 0.3 is 5.97 Å². The van der Waals surface area contributed by atoms with Gasteiger partial charge in [-0.1, -0.05) is 26.0 Å². The first-order chi connectivity index (χ1) is 7.70. The van der Waals surface area contributed by atoms with Crippen molar-refractivity contribution in [2.75, 3.05) is 6.61 Å². The summed E-state index contributed by atoms with van der Waals surface area (Å²) >= 11 is 0. The van der Waals surface area contributed by atoms with Crippen LogP contribution in [0.4, 0.5) is 0 Å². The van der Waals surface area contributed by atoms with Crippen LogP contribution in [0.15, 0.2) is 12.2 Å². The van der Waals surface area contributed by atoms with E-state index in [0.717, 1.165) is 13.0 Å². The second-order valence-electron chi connectivity index (χ2n) is 5.77. The number of hydrogen-bond acceptors (Lipinski definition) is 2. The minimum atomic E-state index is -0.744. The van der Waals surface area contributed by atoms with Gasteiger partial charge in [-0.15, -0.1) is 0 Å². The molecule has 0 aliphatic rings. The van der Waals surface area contributed by atoms with Gasteiger partial charge in [-0.2, -0.15) is 0 Å². The molecule has 1 N–H and O–H groups in total. The zero-order valence-corrected chi connectivity index (χ0v) is 11.7. The highest BCUT2D eigenvalue weighted by atomic mass is 16.5. The molecule has 0 radical (unpaired) electrons. The molecule has 0 amide bonds. The van der Waals surface area contributed by atoms with E-state index in [2.05, 4.69) is 13.0 Å². The maximum Gasteiger partial charge on any atom is 0.303 e. The average Bonchev–Trinajstić information content (AvgIpc) is 2.12. The number of carbonyl (C=O) groups is 1. The molecule has 0 saturated heterocycles. The summed E-state index contributed by atoms with van der Waals surface area (Å²) in [6, 6.07) is 0. The number of carboxylic acids is 1. The number of carboxylic acid groups (broad SMARTS) is 1. The summed E-state index contributed by atoms with van der Waals surface area (Å²) in [7, 11) is 0. The van der Waals surface area contributed by atoms with Gasteiger partial charge in [0, 0.05) is 0 Å². The summed E-state index contributed by atoms with van der Waals surface area (Å²) < 4.78 is 5.69. The molecule has 2 unspecified atom stereocenters. The zero-order valence-electron chi connectivity index (χ0n) is 11.7. The zero-order chi connectivity index (χ0) is 13.5. The molecule has 100 valence electrons. The van der Waals surface area contributed by atoms with Crippen molar-refractivity contribution in [3.8, 4) is 0 Å². The molecule has 0 aliphatic heterocycles. The Kier molecular flexibility index (Phi) is 7.12. The second-order valence-corrected chi connectivity index (χ2v) is 5.77. The van der Waals surface area contributed by atoms with Crippen LogP contribution in [0.1, 0.15) is 47.5 Å². The fourth-order valence-corrected chi connectivity index (χ4v) is 1.35. The largest absolute Gasteiger partial charge is 0.481 e. The van der Waals surface area contributed by atoms with Crippen molar-refractivity contribution in [2.24, 2.45) is 11.8 Å². The predicted molar refractivity (Wildman–Crippen MR) is 70.0 cm³/mol. The van der Waals surface area contributed by atoms with Crippen molar-refractivity contribution < 1.29 is 14.6 Å². The Hall–Kier alpha value is -0.830. The molecule has 0 heterocycles. The lowest BCUT2D eigenvalue weighted by Gasteiger charge is -2.22. The molecule has 0 saturated carbocycles. The van der Waals surface area contributed by atoms with Crippen LogP contribution < -0.4 is 0 Å². The Morgan fingerprint density at radius 2 is 1.94 bits per heavy atom. The molecule has 0 fully saturated rings. The lowest BCUT2D eigenvalue weighted by Crippen LogP contribution is -2.22. The molecule has 3 heteroatoms. The molecule has 0 aromatic rings. The van der Waals surface area contributed by atoms with Crippen LogP contribution in [0.2, 0.25) is 0 Å². The third-order valence-corrected chi connectivity index (χ3v) is 2.30. The van der Waals surface area contributed by atoms with Crippen LogP contribution in [0.5, 0.6) is 0 Å². The normalized spacial score (nSPS) is 16.1. The molecular weight excluding hydrogens is 216 g/mol. The Bertz CT molecular complexity index is 251. The molecular formula is C14H26O3. The van der Waals surface area contributed by atoms with Crippen molar-refractivity contribution in [3.05, 3.63) is 12.2 Å². The van der Waals surface area contributed by atoms with E-state index >= 15 is 0 Å². The van der Waals surface area contributed by atoms with E-state index in [0.29, 0.717) is 5.92 Å². The molecule has 0 bridgehead atoms. The van der Waals surface area contributed by atoms with Crippen LogP contribution in [-0.4, -0.2) is 23.3 Å². The first kappa shape index (κ1) is 16.2. The van der Waals surface area contributed by atoms with Gasteiger partial charge in [-0.05, 0) is 39.0 Å². The number of ether oxygens (including phenoxy) is 1. The first-order valence-electron chi connectivity index (χ1n) is 6.23.